The first-order valence-electron chi connectivity index (χ1n) is 7.01. The number of para-hydroxylation sites is 1. The average Bonchev–Trinajstić information content (AvgIpc) is 2.45. The number of benzene rings is 1. The number of anilines is 1. The standard InChI is InChI=1S/C16H22N2O/c17-15-9-5-4-8-14(15)10-11-16(19)18-12-13-6-2-1-3-7-13/h1-2,4-5,8-9,13H,3,6-7,10-12,17H2,(H,18,19). The molecule has 0 radical (unpaired) electrons. The van der Waals surface area contributed by atoms with Crippen LogP contribution in [0.15, 0.2) is 36.4 Å². The van der Waals surface area contributed by atoms with Crippen LogP contribution < -0.4 is 11.1 Å². The van der Waals surface area contributed by atoms with Gasteiger partial charge in [-0.2, -0.15) is 0 Å². The van der Waals surface area contributed by atoms with Gasteiger partial charge in [0.25, 0.3) is 0 Å². The molecule has 1 atom stereocenters. The van der Waals surface area contributed by atoms with Crippen LogP contribution in [0.5, 0.6) is 0 Å². The Morgan fingerprint density at radius 2 is 2.16 bits per heavy atom. The fraction of sp³-hybridized carbons (Fsp3) is 0.438. The van der Waals surface area contributed by atoms with Crippen LogP contribution in [0.1, 0.15) is 31.2 Å². The Kier molecular flexibility index (Phi) is 5.01. The van der Waals surface area contributed by atoms with E-state index in [2.05, 4.69) is 17.5 Å². The topological polar surface area (TPSA) is 55.1 Å². The number of hydrogen-bond donors (Lipinski definition) is 2. The Labute approximate surface area is 114 Å². The lowest BCUT2D eigenvalue weighted by molar-refractivity contribution is -0.121. The first-order chi connectivity index (χ1) is 9.25. The summed E-state index contributed by atoms with van der Waals surface area (Å²) in [6.45, 7) is 0.799. The Morgan fingerprint density at radius 3 is 2.89 bits per heavy atom. The number of nitrogens with one attached hydrogen (secondary N) is 1. The van der Waals surface area contributed by atoms with Crippen molar-refractivity contribution in [3.63, 3.8) is 0 Å². The maximum absolute atomic E-state index is 11.8. The third kappa shape index (κ3) is 4.43. The first kappa shape index (κ1) is 13.7. The van der Waals surface area contributed by atoms with Crippen LogP contribution in [0.3, 0.4) is 0 Å². The molecule has 0 saturated heterocycles. The molecule has 0 bridgehead atoms. The minimum absolute atomic E-state index is 0.123. The van der Waals surface area contributed by atoms with Crippen molar-refractivity contribution in [3.05, 3.63) is 42.0 Å². The molecule has 0 heterocycles. The molecule has 3 heteroatoms. The highest BCUT2D eigenvalue weighted by atomic mass is 16.1. The number of allylic oxidation sites excluding steroid dienone is 2. The number of aryl methyl sites for hydroxylation is 1. The van der Waals surface area contributed by atoms with Gasteiger partial charge in [0.15, 0.2) is 0 Å². The Bertz CT molecular complexity index is 454. The van der Waals surface area contributed by atoms with Gasteiger partial charge in [-0.25, -0.2) is 0 Å². The lowest BCUT2D eigenvalue weighted by Gasteiger charge is -2.18. The lowest BCUT2D eigenvalue weighted by Crippen LogP contribution is -2.29. The SMILES string of the molecule is Nc1ccccc1CCC(=O)NCC1CC=CCC1. The van der Waals surface area contributed by atoms with Gasteiger partial charge < -0.3 is 11.1 Å². The van der Waals surface area contributed by atoms with E-state index >= 15 is 0 Å². The van der Waals surface area contributed by atoms with Crippen LogP contribution in [-0.2, 0) is 11.2 Å². The second-order valence-electron chi connectivity index (χ2n) is 5.15. The summed E-state index contributed by atoms with van der Waals surface area (Å²) in [7, 11) is 0. The first-order valence-corrected chi connectivity index (χ1v) is 7.01. The highest BCUT2D eigenvalue weighted by molar-refractivity contribution is 5.76. The van der Waals surface area contributed by atoms with Gasteiger partial charge >= 0.3 is 0 Å². The van der Waals surface area contributed by atoms with E-state index in [-0.39, 0.29) is 5.91 Å². The van der Waals surface area contributed by atoms with Gasteiger partial charge in [0.2, 0.25) is 5.91 Å². The van der Waals surface area contributed by atoms with E-state index in [4.69, 9.17) is 5.73 Å². The van der Waals surface area contributed by atoms with E-state index in [0.29, 0.717) is 18.8 Å². The normalized spacial score (nSPS) is 18.2. The van der Waals surface area contributed by atoms with Crippen molar-refractivity contribution < 1.29 is 4.79 Å². The van der Waals surface area contributed by atoms with Gasteiger partial charge in [-0.1, -0.05) is 30.4 Å². The Hall–Kier alpha value is -1.77. The Balaban J connectivity index is 1.70. The third-order valence-electron chi connectivity index (χ3n) is 3.64. The van der Waals surface area contributed by atoms with Crippen molar-refractivity contribution >= 4 is 11.6 Å². The van der Waals surface area contributed by atoms with E-state index in [9.17, 15) is 4.79 Å². The largest absolute Gasteiger partial charge is 0.399 e. The van der Waals surface area contributed by atoms with Crippen molar-refractivity contribution in [2.75, 3.05) is 12.3 Å². The monoisotopic (exact) mass is 258 g/mol. The summed E-state index contributed by atoms with van der Waals surface area (Å²) in [4.78, 5) is 11.8. The molecule has 102 valence electrons. The summed E-state index contributed by atoms with van der Waals surface area (Å²) < 4.78 is 0. The summed E-state index contributed by atoms with van der Waals surface area (Å²) in [5.41, 5.74) is 7.68. The van der Waals surface area contributed by atoms with Crippen LogP contribution in [0.2, 0.25) is 0 Å². The Morgan fingerprint density at radius 1 is 1.32 bits per heavy atom. The van der Waals surface area contributed by atoms with E-state index in [1.54, 1.807) is 0 Å². The summed E-state index contributed by atoms with van der Waals surface area (Å²) in [6, 6.07) is 7.73. The molecule has 3 nitrogen and oxygen atoms in total. The summed E-state index contributed by atoms with van der Waals surface area (Å²) in [5.74, 6) is 0.730. The molecule has 1 aliphatic rings. The van der Waals surface area contributed by atoms with Gasteiger partial charge in [-0.15, -0.1) is 0 Å². The van der Waals surface area contributed by atoms with Crippen molar-refractivity contribution in [2.24, 2.45) is 5.92 Å². The average molecular weight is 258 g/mol. The lowest BCUT2D eigenvalue weighted by atomic mass is 9.94. The number of amides is 1. The molecular weight excluding hydrogens is 236 g/mol. The highest BCUT2D eigenvalue weighted by Gasteiger charge is 2.11. The molecule has 1 aliphatic carbocycles. The molecule has 0 aromatic heterocycles. The number of nitrogens with two attached hydrogens (primary N) is 1. The molecule has 1 aromatic rings. The number of carbonyl (C=O) groups excluding carboxylic acids is 1. The smallest absolute Gasteiger partial charge is 0.220 e. The van der Waals surface area contributed by atoms with Crippen LogP contribution in [-0.4, -0.2) is 12.5 Å². The molecular formula is C16H22N2O. The quantitative estimate of drug-likeness (QED) is 0.630. The predicted octanol–water partition coefficient (Wildman–Crippen LogP) is 2.67. The number of hydrogen-bond acceptors (Lipinski definition) is 2. The zero-order valence-electron chi connectivity index (χ0n) is 11.3. The molecule has 19 heavy (non-hydrogen) atoms. The summed E-state index contributed by atoms with van der Waals surface area (Å²) >= 11 is 0. The fourth-order valence-corrected chi connectivity index (χ4v) is 2.40. The van der Waals surface area contributed by atoms with Gasteiger partial charge in [0, 0.05) is 18.7 Å². The molecule has 0 fully saturated rings. The number of nitrogen functional groups attached to an aromatic ring is 1. The van der Waals surface area contributed by atoms with E-state index in [0.717, 1.165) is 30.6 Å². The van der Waals surface area contributed by atoms with Crippen molar-refractivity contribution in [3.8, 4) is 0 Å². The highest BCUT2D eigenvalue weighted by Crippen LogP contribution is 2.17. The number of carbonyl (C=O) groups is 1. The van der Waals surface area contributed by atoms with Gasteiger partial charge in [0.1, 0.15) is 0 Å². The second-order valence-corrected chi connectivity index (χ2v) is 5.15. The van der Waals surface area contributed by atoms with Crippen LogP contribution in [0, 0.1) is 5.92 Å². The molecule has 1 aromatic carbocycles. The zero-order chi connectivity index (χ0) is 13.5. The van der Waals surface area contributed by atoms with Crippen LogP contribution in [0.4, 0.5) is 5.69 Å². The molecule has 3 N–H and O–H groups in total. The minimum atomic E-state index is 0.123. The van der Waals surface area contributed by atoms with Gasteiger partial charge in [0.05, 0.1) is 0 Å². The van der Waals surface area contributed by atoms with Crippen LogP contribution >= 0.6 is 0 Å². The van der Waals surface area contributed by atoms with Gasteiger partial charge in [-0.3, -0.25) is 4.79 Å². The van der Waals surface area contributed by atoms with E-state index in [1.807, 2.05) is 24.3 Å². The van der Waals surface area contributed by atoms with Gasteiger partial charge in [-0.05, 0) is 43.2 Å². The molecule has 1 amide bonds. The fourth-order valence-electron chi connectivity index (χ4n) is 2.40. The third-order valence-corrected chi connectivity index (χ3v) is 3.64. The molecule has 2 rings (SSSR count). The van der Waals surface area contributed by atoms with Crippen molar-refractivity contribution in [1.82, 2.24) is 5.32 Å². The van der Waals surface area contributed by atoms with Crippen LogP contribution in [0.25, 0.3) is 0 Å². The predicted molar refractivity (Wildman–Crippen MR) is 78.7 cm³/mol. The molecule has 0 aliphatic heterocycles. The maximum atomic E-state index is 11.8. The molecule has 1 unspecified atom stereocenters. The van der Waals surface area contributed by atoms with Crippen molar-refractivity contribution in [1.29, 1.82) is 0 Å². The molecule has 0 spiro atoms. The molecule has 0 saturated carbocycles. The van der Waals surface area contributed by atoms with E-state index < -0.39 is 0 Å². The minimum Gasteiger partial charge on any atom is -0.399 e. The maximum Gasteiger partial charge on any atom is 0.220 e. The second kappa shape index (κ2) is 6.98. The summed E-state index contributed by atoms with van der Waals surface area (Å²) in [6.07, 6.45) is 9.07. The zero-order valence-corrected chi connectivity index (χ0v) is 11.3. The number of rotatable bonds is 5. The van der Waals surface area contributed by atoms with E-state index in [1.165, 1.54) is 6.42 Å². The van der Waals surface area contributed by atoms with Crippen molar-refractivity contribution in [2.45, 2.75) is 32.1 Å². The summed E-state index contributed by atoms with van der Waals surface area (Å²) in [5, 5.41) is 3.03.